The fourth-order valence-corrected chi connectivity index (χ4v) is 3.67. The highest BCUT2D eigenvalue weighted by atomic mass is 16.5. The van der Waals surface area contributed by atoms with E-state index in [1.165, 1.54) is 0 Å². The minimum atomic E-state index is -0.732. The van der Waals surface area contributed by atoms with Gasteiger partial charge >= 0.3 is 5.97 Å². The van der Waals surface area contributed by atoms with Crippen LogP contribution >= 0.6 is 0 Å². The average Bonchev–Trinajstić information content (AvgIpc) is 2.77. The zero-order chi connectivity index (χ0) is 20.5. The lowest BCUT2D eigenvalue weighted by Crippen LogP contribution is -2.47. The van der Waals surface area contributed by atoms with Crippen molar-refractivity contribution in [3.8, 4) is 5.75 Å². The zero-order valence-electron chi connectivity index (χ0n) is 17.0. The molecule has 0 spiro atoms. The van der Waals surface area contributed by atoms with Crippen molar-refractivity contribution >= 4 is 5.97 Å². The van der Waals surface area contributed by atoms with Crippen molar-refractivity contribution in [1.82, 2.24) is 9.80 Å². The fourth-order valence-electron chi connectivity index (χ4n) is 3.67. The van der Waals surface area contributed by atoms with E-state index in [2.05, 4.69) is 28.0 Å². The fraction of sp³-hybridized carbons (Fsp3) is 0.435. The molecule has 29 heavy (non-hydrogen) atoms. The van der Waals surface area contributed by atoms with Crippen molar-refractivity contribution in [3.05, 3.63) is 65.7 Å². The first-order chi connectivity index (χ1) is 14.2. The second-order valence-electron chi connectivity index (χ2n) is 7.23. The van der Waals surface area contributed by atoms with Gasteiger partial charge in [0.15, 0.2) is 0 Å². The first kappa shape index (κ1) is 21.3. The van der Waals surface area contributed by atoms with Gasteiger partial charge in [-0.05, 0) is 11.6 Å². The van der Waals surface area contributed by atoms with Gasteiger partial charge in [-0.3, -0.25) is 9.69 Å². The minimum absolute atomic E-state index is 0.177. The molecule has 2 aromatic carbocycles. The Morgan fingerprint density at radius 1 is 0.966 bits per heavy atom. The van der Waals surface area contributed by atoms with E-state index in [9.17, 15) is 4.79 Å². The summed E-state index contributed by atoms with van der Waals surface area (Å²) >= 11 is 0. The van der Waals surface area contributed by atoms with Gasteiger partial charge in [0.05, 0.1) is 20.1 Å². The third kappa shape index (κ3) is 6.29. The van der Waals surface area contributed by atoms with E-state index in [0.29, 0.717) is 13.2 Å². The predicted octanol–water partition coefficient (Wildman–Crippen LogP) is 2.89. The van der Waals surface area contributed by atoms with Crippen LogP contribution in [0.5, 0.6) is 5.75 Å². The molecule has 2 aromatic rings. The van der Waals surface area contributed by atoms with Crippen molar-refractivity contribution in [1.29, 1.82) is 0 Å². The van der Waals surface area contributed by atoms with Crippen LogP contribution in [0.1, 0.15) is 23.7 Å². The van der Waals surface area contributed by atoms with E-state index in [1.807, 2.05) is 36.4 Å². The molecule has 1 N–H and O–H groups in total. The number of methoxy groups -OCH3 is 1. The lowest BCUT2D eigenvalue weighted by molar-refractivity contribution is -0.137. The molecule has 0 amide bonds. The number of benzene rings is 2. The Kier molecular flexibility index (Phi) is 8.04. The highest BCUT2D eigenvalue weighted by Crippen LogP contribution is 2.32. The van der Waals surface area contributed by atoms with Crippen molar-refractivity contribution in [3.63, 3.8) is 0 Å². The summed E-state index contributed by atoms with van der Waals surface area (Å²) in [5, 5.41) is 8.83. The van der Waals surface area contributed by atoms with E-state index in [0.717, 1.165) is 49.6 Å². The van der Waals surface area contributed by atoms with E-state index in [-0.39, 0.29) is 12.5 Å². The van der Waals surface area contributed by atoms with Gasteiger partial charge in [0.1, 0.15) is 11.9 Å². The van der Waals surface area contributed by atoms with E-state index < -0.39 is 5.97 Å². The van der Waals surface area contributed by atoms with Crippen molar-refractivity contribution in [2.45, 2.75) is 12.5 Å². The largest absolute Gasteiger partial charge is 0.496 e. The number of carboxylic acid groups (broad SMARTS) is 1. The third-order valence-corrected chi connectivity index (χ3v) is 5.32. The zero-order valence-corrected chi connectivity index (χ0v) is 17.0. The summed E-state index contributed by atoms with van der Waals surface area (Å²) in [6.07, 6.45) is 0.0324. The molecule has 0 saturated carbocycles. The summed E-state index contributed by atoms with van der Waals surface area (Å²) in [5.41, 5.74) is 2.13. The first-order valence-corrected chi connectivity index (χ1v) is 10.1. The van der Waals surface area contributed by atoms with Gasteiger partial charge in [0.2, 0.25) is 0 Å². The molecule has 156 valence electrons. The van der Waals surface area contributed by atoms with Gasteiger partial charge in [-0.15, -0.1) is 0 Å². The van der Waals surface area contributed by atoms with E-state index >= 15 is 0 Å². The molecule has 1 aliphatic heterocycles. The lowest BCUT2D eigenvalue weighted by Gasteiger charge is -2.34. The van der Waals surface area contributed by atoms with Crippen LogP contribution in [0.3, 0.4) is 0 Å². The smallest absolute Gasteiger partial charge is 0.304 e. The average molecular weight is 399 g/mol. The van der Waals surface area contributed by atoms with Gasteiger partial charge in [0, 0.05) is 44.8 Å². The molecule has 1 heterocycles. The molecular formula is C23H30N2O4. The predicted molar refractivity (Wildman–Crippen MR) is 112 cm³/mol. The van der Waals surface area contributed by atoms with Crippen molar-refractivity contribution in [2.24, 2.45) is 0 Å². The van der Waals surface area contributed by atoms with E-state index in [4.69, 9.17) is 14.6 Å². The second-order valence-corrected chi connectivity index (χ2v) is 7.23. The van der Waals surface area contributed by atoms with E-state index in [1.54, 1.807) is 7.11 Å². The molecule has 3 rings (SSSR count). The number of carbonyl (C=O) groups is 1. The molecule has 0 radical (unpaired) electrons. The monoisotopic (exact) mass is 398 g/mol. The number of hydrogen-bond donors (Lipinski definition) is 1. The van der Waals surface area contributed by atoms with Gasteiger partial charge in [-0.2, -0.15) is 0 Å². The Labute approximate surface area is 172 Å². The Morgan fingerprint density at radius 3 is 2.24 bits per heavy atom. The number of nitrogens with zero attached hydrogens (tertiary/aromatic N) is 2. The number of hydrogen-bond acceptors (Lipinski definition) is 5. The number of ether oxygens (including phenoxy) is 2. The van der Waals surface area contributed by atoms with Crippen molar-refractivity contribution < 1.29 is 19.4 Å². The van der Waals surface area contributed by atoms with Gasteiger partial charge in [-0.25, -0.2) is 0 Å². The highest BCUT2D eigenvalue weighted by Gasteiger charge is 2.21. The molecular weight excluding hydrogens is 368 g/mol. The summed E-state index contributed by atoms with van der Waals surface area (Å²) in [7, 11) is 1.69. The first-order valence-electron chi connectivity index (χ1n) is 10.1. The van der Waals surface area contributed by atoms with Crippen LogP contribution in [0.15, 0.2) is 54.6 Å². The quantitative estimate of drug-likeness (QED) is 0.664. The van der Waals surface area contributed by atoms with Gasteiger partial charge < -0.3 is 19.5 Å². The lowest BCUT2D eigenvalue weighted by atomic mass is 10.0. The standard InChI is InChI=1S/C23H30N2O4/c1-28-21-10-6-5-9-20(21)23(19-7-3-2-4-8-19)29-18-17-25-15-13-24(14-16-25)12-11-22(26)27/h2-10,23H,11-18H2,1H3,(H,26,27). The number of aliphatic carboxylic acids is 1. The van der Waals surface area contributed by atoms with Gasteiger partial charge in [-0.1, -0.05) is 48.5 Å². The maximum atomic E-state index is 10.7. The number of rotatable bonds is 10. The normalized spacial score (nSPS) is 16.4. The van der Waals surface area contributed by atoms with Crippen LogP contribution in [-0.2, 0) is 9.53 Å². The molecule has 6 nitrogen and oxygen atoms in total. The molecule has 0 aliphatic carbocycles. The molecule has 1 atom stereocenters. The Balaban J connectivity index is 1.56. The summed E-state index contributed by atoms with van der Waals surface area (Å²) in [5.74, 6) is 0.0949. The molecule has 1 unspecified atom stereocenters. The summed E-state index contributed by atoms with van der Waals surface area (Å²) in [6.45, 7) is 5.78. The number of carboxylic acids is 1. The van der Waals surface area contributed by atoms with Crippen LogP contribution in [0.2, 0.25) is 0 Å². The number of para-hydroxylation sites is 1. The summed E-state index contributed by atoms with van der Waals surface area (Å²) < 4.78 is 11.9. The topological polar surface area (TPSA) is 62.2 Å². The maximum Gasteiger partial charge on any atom is 0.304 e. The minimum Gasteiger partial charge on any atom is -0.496 e. The second kappa shape index (κ2) is 11.0. The van der Waals surface area contributed by atoms with Crippen LogP contribution in [0, 0.1) is 0 Å². The number of piperazine rings is 1. The van der Waals surface area contributed by atoms with Crippen molar-refractivity contribution in [2.75, 3.05) is 53.0 Å². The van der Waals surface area contributed by atoms with Crippen LogP contribution in [-0.4, -0.2) is 73.9 Å². The van der Waals surface area contributed by atoms with Crippen LogP contribution in [0.25, 0.3) is 0 Å². The van der Waals surface area contributed by atoms with Crippen LogP contribution in [0.4, 0.5) is 0 Å². The molecule has 0 bridgehead atoms. The SMILES string of the molecule is COc1ccccc1C(OCCN1CCN(CCC(=O)O)CC1)c1ccccc1. The molecule has 1 fully saturated rings. The Bertz CT molecular complexity index is 760. The molecule has 0 aromatic heterocycles. The summed E-state index contributed by atoms with van der Waals surface area (Å²) in [6, 6.07) is 18.2. The Hall–Kier alpha value is -2.41. The van der Waals surface area contributed by atoms with Gasteiger partial charge in [0.25, 0.3) is 0 Å². The Morgan fingerprint density at radius 2 is 1.59 bits per heavy atom. The summed E-state index contributed by atoms with van der Waals surface area (Å²) in [4.78, 5) is 15.3. The highest BCUT2D eigenvalue weighted by molar-refractivity contribution is 5.66. The third-order valence-electron chi connectivity index (χ3n) is 5.32. The molecule has 6 heteroatoms. The molecule has 1 saturated heterocycles. The maximum absolute atomic E-state index is 10.7. The molecule has 1 aliphatic rings. The van der Waals surface area contributed by atoms with Crippen LogP contribution < -0.4 is 4.74 Å².